The lowest BCUT2D eigenvalue weighted by atomic mass is 10.1. The number of hydrogen-bond acceptors (Lipinski definition) is 5. The SMILES string of the molecule is CSCCC(NC(=O)c1cccc([N+](=O)[O-])c1)C(=O)N(C)c1ccccc1. The third-order valence-corrected chi connectivity index (χ3v) is 4.65. The summed E-state index contributed by atoms with van der Waals surface area (Å²) in [7, 11) is 1.66. The number of nitrogens with one attached hydrogen (secondary N) is 1. The van der Waals surface area contributed by atoms with Crippen LogP contribution in [0.5, 0.6) is 0 Å². The second kappa shape index (κ2) is 9.72. The topological polar surface area (TPSA) is 92.5 Å². The van der Waals surface area contributed by atoms with Gasteiger partial charge in [-0.1, -0.05) is 24.3 Å². The van der Waals surface area contributed by atoms with Gasteiger partial charge in [0.15, 0.2) is 0 Å². The molecule has 0 heterocycles. The van der Waals surface area contributed by atoms with E-state index in [-0.39, 0.29) is 17.2 Å². The molecule has 1 unspecified atom stereocenters. The maximum atomic E-state index is 12.9. The van der Waals surface area contributed by atoms with Gasteiger partial charge in [-0.25, -0.2) is 0 Å². The number of para-hydroxylation sites is 1. The van der Waals surface area contributed by atoms with E-state index >= 15 is 0 Å². The number of carbonyl (C=O) groups is 2. The highest BCUT2D eigenvalue weighted by Crippen LogP contribution is 2.16. The fourth-order valence-electron chi connectivity index (χ4n) is 2.51. The van der Waals surface area contributed by atoms with Gasteiger partial charge in [0.2, 0.25) is 5.91 Å². The summed E-state index contributed by atoms with van der Waals surface area (Å²) < 4.78 is 0. The van der Waals surface area contributed by atoms with Crippen molar-refractivity contribution in [1.82, 2.24) is 5.32 Å². The Balaban J connectivity index is 2.18. The van der Waals surface area contributed by atoms with Crippen LogP contribution < -0.4 is 10.2 Å². The van der Waals surface area contributed by atoms with Gasteiger partial charge in [-0.3, -0.25) is 19.7 Å². The molecular formula is C19H21N3O4S. The molecule has 2 aromatic rings. The van der Waals surface area contributed by atoms with Crippen LogP contribution in [0.15, 0.2) is 54.6 Å². The lowest BCUT2D eigenvalue weighted by Gasteiger charge is -2.24. The van der Waals surface area contributed by atoms with E-state index in [2.05, 4.69) is 5.32 Å². The van der Waals surface area contributed by atoms with E-state index in [0.717, 1.165) is 5.69 Å². The molecule has 0 bridgehead atoms. The van der Waals surface area contributed by atoms with E-state index < -0.39 is 16.9 Å². The summed E-state index contributed by atoms with van der Waals surface area (Å²) in [6, 6.07) is 13.9. The quantitative estimate of drug-likeness (QED) is 0.555. The summed E-state index contributed by atoms with van der Waals surface area (Å²) in [5, 5.41) is 13.6. The molecule has 0 aliphatic heterocycles. The van der Waals surface area contributed by atoms with E-state index in [1.807, 2.05) is 36.6 Å². The molecule has 0 aliphatic carbocycles. The number of benzene rings is 2. The summed E-state index contributed by atoms with van der Waals surface area (Å²) in [6.07, 6.45) is 2.38. The van der Waals surface area contributed by atoms with Gasteiger partial charge in [-0.15, -0.1) is 0 Å². The van der Waals surface area contributed by atoms with Crippen molar-refractivity contribution in [2.24, 2.45) is 0 Å². The van der Waals surface area contributed by atoms with Gasteiger partial charge in [0.1, 0.15) is 6.04 Å². The van der Waals surface area contributed by atoms with E-state index in [9.17, 15) is 19.7 Å². The monoisotopic (exact) mass is 387 g/mol. The Morgan fingerprint density at radius 3 is 2.52 bits per heavy atom. The van der Waals surface area contributed by atoms with Crippen molar-refractivity contribution in [1.29, 1.82) is 0 Å². The number of carbonyl (C=O) groups excluding carboxylic acids is 2. The van der Waals surface area contributed by atoms with Gasteiger partial charge in [0.25, 0.3) is 11.6 Å². The molecule has 2 rings (SSSR count). The number of rotatable bonds is 8. The van der Waals surface area contributed by atoms with Crippen LogP contribution in [0.3, 0.4) is 0 Å². The Morgan fingerprint density at radius 1 is 1.19 bits per heavy atom. The van der Waals surface area contributed by atoms with Gasteiger partial charge in [0, 0.05) is 30.4 Å². The van der Waals surface area contributed by atoms with Gasteiger partial charge >= 0.3 is 0 Å². The Labute approximate surface area is 161 Å². The van der Waals surface area contributed by atoms with Crippen LogP contribution in [-0.4, -0.2) is 41.8 Å². The van der Waals surface area contributed by atoms with Crippen LogP contribution in [0.1, 0.15) is 16.8 Å². The van der Waals surface area contributed by atoms with Crippen molar-refractivity contribution in [2.75, 3.05) is 24.0 Å². The number of nitro benzene ring substituents is 1. The highest BCUT2D eigenvalue weighted by molar-refractivity contribution is 7.98. The molecule has 0 fully saturated rings. The second-order valence-electron chi connectivity index (χ2n) is 5.85. The molecule has 1 atom stereocenters. The highest BCUT2D eigenvalue weighted by atomic mass is 32.2. The van der Waals surface area contributed by atoms with Gasteiger partial charge < -0.3 is 10.2 Å². The molecule has 8 heteroatoms. The minimum absolute atomic E-state index is 0.147. The molecule has 0 aromatic heterocycles. The third kappa shape index (κ3) is 5.55. The predicted octanol–water partition coefficient (Wildman–Crippen LogP) is 3.11. The number of thioether (sulfide) groups is 1. The number of anilines is 1. The van der Waals surface area contributed by atoms with Crippen molar-refractivity contribution in [3.8, 4) is 0 Å². The first kappa shape index (κ1) is 20.4. The molecule has 142 valence electrons. The number of nitrogens with zero attached hydrogens (tertiary/aromatic N) is 2. The lowest BCUT2D eigenvalue weighted by Crippen LogP contribution is -2.47. The smallest absolute Gasteiger partial charge is 0.270 e. The van der Waals surface area contributed by atoms with Crippen LogP contribution >= 0.6 is 11.8 Å². The number of hydrogen-bond donors (Lipinski definition) is 1. The normalized spacial score (nSPS) is 11.5. The Hall–Kier alpha value is -2.87. The first-order valence-corrected chi connectivity index (χ1v) is 9.70. The third-order valence-electron chi connectivity index (χ3n) is 4.01. The van der Waals surface area contributed by atoms with E-state index in [1.165, 1.54) is 29.2 Å². The maximum Gasteiger partial charge on any atom is 0.270 e. The number of likely N-dealkylation sites (N-methyl/N-ethyl adjacent to an activating group) is 1. The summed E-state index contributed by atoms with van der Waals surface area (Å²) in [4.78, 5) is 37.3. The lowest BCUT2D eigenvalue weighted by molar-refractivity contribution is -0.384. The first-order valence-electron chi connectivity index (χ1n) is 8.31. The van der Waals surface area contributed by atoms with Crippen molar-refractivity contribution in [2.45, 2.75) is 12.5 Å². The predicted molar refractivity (Wildman–Crippen MR) is 107 cm³/mol. The first-order chi connectivity index (χ1) is 12.9. The molecular weight excluding hydrogens is 366 g/mol. The molecule has 0 radical (unpaired) electrons. The van der Waals surface area contributed by atoms with Crippen molar-refractivity contribution < 1.29 is 14.5 Å². The largest absolute Gasteiger partial charge is 0.340 e. The Bertz CT molecular complexity index is 814. The Morgan fingerprint density at radius 2 is 1.89 bits per heavy atom. The van der Waals surface area contributed by atoms with Crippen LogP contribution in [-0.2, 0) is 4.79 Å². The van der Waals surface area contributed by atoms with Crippen molar-refractivity contribution >= 4 is 35.0 Å². The standard InChI is InChI=1S/C19H21N3O4S/c1-21(15-8-4-3-5-9-15)19(24)17(11-12-27-2)20-18(23)14-7-6-10-16(13-14)22(25)26/h3-10,13,17H,11-12H2,1-2H3,(H,20,23). The fraction of sp³-hybridized carbons (Fsp3) is 0.263. The maximum absolute atomic E-state index is 12.9. The molecule has 0 aliphatic rings. The minimum atomic E-state index is -0.727. The average molecular weight is 387 g/mol. The molecule has 0 saturated heterocycles. The number of nitro groups is 1. The van der Waals surface area contributed by atoms with Crippen LogP contribution in [0.4, 0.5) is 11.4 Å². The minimum Gasteiger partial charge on any atom is -0.340 e. The zero-order valence-corrected chi connectivity index (χ0v) is 15.9. The zero-order chi connectivity index (χ0) is 19.8. The molecule has 27 heavy (non-hydrogen) atoms. The van der Waals surface area contributed by atoms with Crippen LogP contribution in [0.25, 0.3) is 0 Å². The highest BCUT2D eigenvalue weighted by Gasteiger charge is 2.25. The molecule has 7 nitrogen and oxygen atoms in total. The molecule has 1 N–H and O–H groups in total. The summed E-state index contributed by atoms with van der Waals surface area (Å²) >= 11 is 1.57. The molecule has 0 saturated carbocycles. The molecule has 2 amide bonds. The average Bonchev–Trinajstić information content (AvgIpc) is 2.70. The fourth-order valence-corrected chi connectivity index (χ4v) is 2.98. The number of amides is 2. The Kier molecular flexibility index (Phi) is 7.36. The summed E-state index contributed by atoms with van der Waals surface area (Å²) in [5.74, 6) is -0.0671. The van der Waals surface area contributed by atoms with Gasteiger partial charge in [0.05, 0.1) is 4.92 Å². The van der Waals surface area contributed by atoms with E-state index in [4.69, 9.17) is 0 Å². The van der Waals surface area contributed by atoms with Gasteiger partial charge in [-0.2, -0.15) is 11.8 Å². The summed E-state index contributed by atoms with van der Waals surface area (Å²) in [6.45, 7) is 0. The molecule has 2 aromatic carbocycles. The van der Waals surface area contributed by atoms with E-state index in [1.54, 1.807) is 18.8 Å². The van der Waals surface area contributed by atoms with Crippen LogP contribution in [0.2, 0.25) is 0 Å². The van der Waals surface area contributed by atoms with Crippen molar-refractivity contribution in [3.63, 3.8) is 0 Å². The second-order valence-corrected chi connectivity index (χ2v) is 6.83. The van der Waals surface area contributed by atoms with Crippen LogP contribution in [0, 0.1) is 10.1 Å². The zero-order valence-electron chi connectivity index (χ0n) is 15.1. The number of non-ortho nitro benzene ring substituents is 1. The van der Waals surface area contributed by atoms with E-state index in [0.29, 0.717) is 12.2 Å². The summed E-state index contributed by atoms with van der Waals surface area (Å²) in [5.41, 5.74) is 0.700. The van der Waals surface area contributed by atoms with Gasteiger partial charge in [-0.05, 0) is 36.6 Å². The van der Waals surface area contributed by atoms with Crippen molar-refractivity contribution in [3.05, 3.63) is 70.3 Å². The molecule has 0 spiro atoms.